The highest BCUT2D eigenvalue weighted by Crippen LogP contribution is 2.25. The number of carbonyl (C=O) groups is 2. The molecule has 2 heterocycles. The summed E-state index contributed by atoms with van der Waals surface area (Å²) in [6, 6.07) is 3.57. The molecule has 3 N–H and O–H groups in total. The van der Waals surface area contributed by atoms with E-state index in [0.29, 0.717) is 13.1 Å². The van der Waals surface area contributed by atoms with Crippen LogP contribution in [0.1, 0.15) is 29.6 Å². The van der Waals surface area contributed by atoms with Crippen molar-refractivity contribution in [3.05, 3.63) is 34.6 Å². The molecule has 2 fully saturated rings. The lowest BCUT2D eigenvalue weighted by molar-refractivity contribution is -0.134. The lowest BCUT2D eigenvalue weighted by atomic mass is 10.0. The van der Waals surface area contributed by atoms with E-state index in [-0.39, 0.29) is 29.5 Å². The molecule has 0 aliphatic carbocycles. The fraction of sp³-hybridized carbons (Fsp3) is 0.556. The van der Waals surface area contributed by atoms with Crippen molar-refractivity contribution in [2.75, 3.05) is 19.6 Å². The van der Waals surface area contributed by atoms with Gasteiger partial charge < -0.3 is 25.2 Å². The molecule has 0 radical (unpaired) electrons. The molecular formula is C18H22ClFN2O5. The van der Waals surface area contributed by atoms with E-state index in [4.69, 9.17) is 16.3 Å². The number of aliphatic hydroxyl groups excluding tert-OH is 2. The third-order valence-electron chi connectivity index (χ3n) is 4.94. The van der Waals surface area contributed by atoms with Gasteiger partial charge in [-0.15, -0.1) is 0 Å². The Morgan fingerprint density at radius 2 is 1.89 bits per heavy atom. The Bertz CT molecular complexity index is 713. The number of hydrogen-bond donors (Lipinski definition) is 3. The summed E-state index contributed by atoms with van der Waals surface area (Å²) in [5.41, 5.74) is 0.162. The largest absolute Gasteiger partial charge is 0.388 e. The maximum Gasteiger partial charge on any atom is 0.251 e. The number of hydrogen-bond acceptors (Lipinski definition) is 5. The molecule has 1 aromatic carbocycles. The Morgan fingerprint density at radius 3 is 2.56 bits per heavy atom. The lowest BCUT2D eigenvalue weighted by Crippen LogP contribution is -2.40. The molecule has 1 aromatic rings. The van der Waals surface area contributed by atoms with Crippen molar-refractivity contribution in [3.63, 3.8) is 0 Å². The summed E-state index contributed by atoms with van der Waals surface area (Å²) in [4.78, 5) is 26.1. The van der Waals surface area contributed by atoms with Crippen LogP contribution in [-0.2, 0) is 9.53 Å². The summed E-state index contributed by atoms with van der Waals surface area (Å²) < 4.78 is 18.8. The van der Waals surface area contributed by atoms with Crippen LogP contribution in [0.2, 0.25) is 5.02 Å². The topological polar surface area (TPSA) is 99.1 Å². The third-order valence-corrected chi connectivity index (χ3v) is 5.23. The molecule has 4 atom stereocenters. The number of benzene rings is 1. The number of aliphatic hydroxyl groups is 2. The highest BCUT2D eigenvalue weighted by molar-refractivity contribution is 6.31. The van der Waals surface area contributed by atoms with Crippen LogP contribution in [0.3, 0.4) is 0 Å². The molecule has 27 heavy (non-hydrogen) atoms. The molecule has 0 unspecified atom stereocenters. The minimum atomic E-state index is -1.22. The summed E-state index contributed by atoms with van der Waals surface area (Å²) in [7, 11) is 0. The van der Waals surface area contributed by atoms with Crippen molar-refractivity contribution in [2.24, 2.45) is 0 Å². The van der Waals surface area contributed by atoms with Gasteiger partial charge in [0.25, 0.3) is 5.91 Å². The quantitative estimate of drug-likeness (QED) is 0.676. The van der Waals surface area contributed by atoms with Crippen molar-refractivity contribution in [1.82, 2.24) is 10.2 Å². The van der Waals surface area contributed by atoms with Crippen LogP contribution in [0.4, 0.5) is 4.39 Å². The van der Waals surface area contributed by atoms with Gasteiger partial charge in [-0.05, 0) is 31.0 Å². The molecule has 0 aromatic heterocycles. The molecule has 0 bridgehead atoms. The van der Waals surface area contributed by atoms with Gasteiger partial charge in [0, 0.05) is 25.2 Å². The number of likely N-dealkylation sites (tertiary alicyclic amines) is 1. The van der Waals surface area contributed by atoms with Crippen LogP contribution in [0, 0.1) is 5.82 Å². The lowest BCUT2D eigenvalue weighted by Gasteiger charge is -2.19. The molecule has 148 valence electrons. The summed E-state index contributed by atoms with van der Waals surface area (Å²) in [5.74, 6) is -1.26. The van der Waals surface area contributed by atoms with Crippen molar-refractivity contribution in [1.29, 1.82) is 0 Å². The van der Waals surface area contributed by atoms with E-state index in [2.05, 4.69) is 5.32 Å². The van der Waals surface area contributed by atoms with E-state index in [9.17, 15) is 24.2 Å². The first kappa shape index (κ1) is 20.0. The molecule has 2 aliphatic heterocycles. The molecule has 0 saturated carbocycles. The van der Waals surface area contributed by atoms with Gasteiger partial charge >= 0.3 is 0 Å². The summed E-state index contributed by atoms with van der Waals surface area (Å²) >= 11 is 5.66. The van der Waals surface area contributed by atoms with E-state index >= 15 is 0 Å². The van der Waals surface area contributed by atoms with Gasteiger partial charge in [-0.25, -0.2) is 4.39 Å². The van der Waals surface area contributed by atoms with Crippen molar-refractivity contribution in [3.8, 4) is 0 Å². The zero-order valence-corrected chi connectivity index (χ0v) is 15.4. The maximum atomic E-state index is 13.2. The average molecular weight is 401 g/mol. The van der Waals surface area contributed by atoms with E-state index < -0.39 is 36.1 Å². The van der Waals surface area contributed by atoms with Crippen LogP contribution in [0.15, 0.2) is 18.2 Å². The number of halogens is 2. The summed E-state index contributed by atoms with van der Waals surface area (Å²) in [5, 5.41) is 22.7. The van der Waals surface area contributed by atoms with Crippen LogP contribution in [0.25, 0.3) is 0 Å². The Hall–Kier alpha value is -1.74. The predicted octanol–water partition coefficient (Wildman–Crippen LogP) is 0.711. The minimum Gasteiger partial charge on any atom is -0.388 e. The fourth-order valence-electron chi connectivity index (χ4n) is 3.36. The smallest absolute Gasteiger partial charge is 0.251 e. The number of amides is 2. The minimum absolute atomic E-state index is 0.0176. The van der Waals surface area contributed by atoms with Crippen molar-refractivity contribution >= 4 is 23.4 Å². The van der Waals surface area contributed by atoms with E-state index in [1.54, 1.807) is 4.90 Å². The van der Waals surface area contributed by atoms with Gasteiger partial charge in [0.05, 0.1) is 17.5 Å². The molecule has 2 aliphatic rings. The summed E-state index contributed by atoms with van der Waals surface area (Å²) in [6.45, 7) is 1.33. The second-order valence-electron chi connectivity index (χ2n) is 6.83. The van der Waals surface area contributed by atoms with Crippen molar-refractivity contribution in [2.45, 2.75) is 43.7 Å². The fourth-order valence-corrected chi connectivity index (χ4v) is 3.54. The van der Waals surface area contributed by atoms with Crippen LogP contribution < -0.4 is 5.32 Å². The number of carbonyl (C=O) groups excluding carboxylic acids is 2. The SMILES string of the molecule is O=C(NC[C@@H]1O[C@@H](CC(=O)N2CCCC2)[C@H](O)[C@@H]1O)c1ccc(F)c(Cl)c1. The summed E-state index contributed by atoms with van der Waals surface area (Å²) in [6.07, 6.45) is -2.20. The van der Waals surface area contributed by atoms with Gasteiger partial charge in [0.2, 0.25) is 5.91 Å². The number of nitrogens with one attached hydrogen (secondary N) is 1. The average Bonchev–Trinajstić information content (AvgIpc) is 3.27. The molecule has 0 spiro atoms. The number of rotatable bonds is 5. The second-order valence-corrected chi connectivity index (χ2v) is 7.23. The second kappa shape index (κ2) is 8.52. The van der Waals surface area contributed by atoms with E-state index in [1.807, 2.05) is 0 Å². The molecule has 2 saturated heterocycles. The van der Waals surface area contributed by atoms with Crippen molar-refractivity contribution < 1.29 is 28.9 Å². The number of nitrogens with zero attached hydrogens (tertiary/aromatic N) is 1. The molecule has 2 amide bonds. The van der Waals surface area contributed by atoms with Gasteiger partial charge in [-0.1, -0.05) is 11.6 Å². The first-order valence-electron chi connectivity index (χ1n) is 8.89. The Balaban J connectivity index is 1.53. The molecule has 7 nitrogen and oxygen atoms in total. The van der Waals surface area contributed by atoms with Crippen LogP contribution >= 0.6 is 11.6 Å². The molecule has 9 heteroatoms. The van der Waals surface area contributed by atoms with Gasteiger partial charge in [0.15, 0.2) is 0 Å². The first-order valence-corrected chi connectivity index (χ1v) is 9.27. The Morgan fingerprint density at radius 1 is 1.22 bits per heavy atom. The number of ether oxygens (including phenoxy) is 1. The maximum absolute atomic E-state index is 13.2. The van der Waals surface area contributed by atoms with Gasteiger partial charge in [-0.3, -0.25) is 9.59 Å². The zero-order valence-electron chi connectivity index (χ0n) is 14.6. The third kappa shape index (κ3) is 4.57. The Kier molecular flexibility index (Phi) is 6.31. The van der Waals surface area contributed by atoms with Gasteiger partial charge in [0.1, 0.15) is 24.1 Å². The zero-order chi connectivity index (χ0) is 19.6. The van der Waals surface area contributed by atoms with E-state index in [0.717, 1.165) is 18.9 Å². The highest BCUT2D eigenvalue weighted by atomic mass is 35.5. The normalized spacial score (nSPS) is 27.8. The van der Waals surface area contributed by atoms with Crippen LogP contribution in [-0.4, -0.2) is 71.0 Å². The molecular weight excluding hydrogens is 379 g/mol. The monoisotopic (exact) mass is 400 g/mol. The predicted molar refractivity (Wildman–Crippen MR) is 94.8 cm³/mol. The van der Waals surface area contributed by atoms with Crippen LogP contribution in [0.5, 0.6) is 0 Å². The van der Waals surface area contributed by atoms with E-state index in [1.165, 1.54) is 12.1 Å². The Labute approximate surface area is 161 Å². The molecule has 3 rings (SSSR count). The highest BCUT2D eigenvalue weighted by Gasteiger charge is 2.43. The van der Waals surface area contributed by atoms with Gasteiger partial charge in [-0.2, -0.15) is 0 Å². The first-order chi connectivity index (χ1) is 12.9. The standard InChI is InChI=1S/C18H22ClFN2O5/c19-11-7-10(3-4-12(11)20)18(26)21-9-14-17(25)16(24)13(27-14)8-15(23)22-5-1-2-6-22/h3-4,7,13-14,16-17,24-25H,1-2,5-6,8-9H2,(H,21,26)/t13-,14-,16-,17+/m0/s1.